The van der Waals surface area contributed by atoms with Gasteiger partial charge < -0.3 is 9.64 Å². The number of anilines is 1. The van der Waals surface area contributed by atoms with Crippen LogP contribution in [-0.4, -0.2) is 45.1 Å². The summed E-state index contributed by atoms with van der Waals surface area (Å²) in [6.45, 7) is 14.2. The summed E-state index contributed by atoms with van der Waals surface area (Å²) < 4.78 is 32.8. The monoisotopic (exact) mass is 472 g/mol. The van der Waals surface area contributed by atoms with Gasteiger partial charge in [-0.25, -0.2) is 13.2 Å². The number of nitrogens with zero attached hydrogens (tertiary/aromatic N) is 2. The van der Waals surface area contributed by atoms with Crippen LogP contribution in [0.1, 0.15) is 51.7 Å². The van der Waals surface area contributed by atoms with Crippen LogP contribution in [0.25, 0.3) is 0 Å². The molecule has 180 valence electrons. The van der Waals surface area contributed by atoms with Crippen LogP contribution in [0.5, 0.6) is 0 Å². The van der Waals surface area contributed by atoms with Crippen molar-refractivity contribution in [3.8, 4) is 0 Å². The summed E-state index contributed by atoms with van der Waals surface area (Å²) in [4.78, 5) is 14.3. The minimum absolute atomic E-state index is 0.260. The Balaban J connectivity index is 2.08. The highest BCUT2D eigenvalue weighted by molar-refractivity contribution is 7.92. The van der Waals surface area contributed by atoms with Gasteiger partial charge in [0.2, 0.25) is 0 Å². The van der Waals surface area contributed by atoms with E-state index in [1.807, 2.05) is 45.0 Å². The molecule has 0 atom stereocenters. The molecule has 1 amide bonds. The van der Waals surface area contributed by atoms with E-state index >= 15 is 0 Å². The van der Waals surface area contributed by atoms with Crippen molar-refractivity contribution >= 4 is 21.8 Å². The summed E-state index contributed by atoms with van der Waals surface area (Å²) in [5.74, 6) is 0.338. The normalized spacial score (nSPS) is 11.8. The first-order valence-electron chi connectivity index (χ1n) is 11.1. The summed E-state index contributed by atoms with van der Waals surface area (Å²) in [6, 6.07) is 14.3. The molecule has 6 nitrogen and oxygen atoms in total. The quantitative estimate of drug-likeness (QED) is 0.446. The Morgan fingerprint density at radius 3 is 2.12 bits per heavy atom. The van der Waals surface area contributed by atoms with Crippen molar-refractivity contribution in [2.45, 2.75) is 57.5 Å². The Labute approximate surface area is 198 Å². The van der Waals surface area contributed by atoms with Crippen LogP contribution >= 0.6 is 0 Å². The number of carbonyl (C=O) groups excluding carboxylic acids is 1. The molecule has 0 aliphatic heterocycles. The number of hydrogen-bond donors (Lipinski definition) is 0. The van der Waals surface area contributed by atoms with Gasteiger partial charge in [0, 0.05) is 20.1 Å². The molecule has 0 saturated heterocycles. The molecule has 7 heteroatoms. The highest BCUT2D eigenvalue weighted by Crippen LogP contribution is 2.24. The number of ether oxygens (including phenoxy) is 1. The molecule has 0 aliphatic carbocycles. The summed E-state index contributed by atoms with van der Waals surface area (Å²) in [5, 5.41) is 0. The van der Waals surface area contributed by atoms with Crippen molar-refractivity contribution in [1.29, 1.82) is 0 Å². The van der Waals surface area contributed by atoms with Crippen molar-refractivity contribution in [2.75, 3.05) is 24.4 Å². The fraction of sp³-hybridized carbons (Fsp3) is 0.423. The van der Waals surface area contributed by atoms with Gasteiger partial charge in [0.05, 0.1) is 10.6 Å². The third-order valence-corrected chi connectivity index (χ3v) is 6.98. The van der Waals surface area contributed by atoms with E-state index in [2.05, 4.69) is 20.4 Å². The van der Waals surface area contributed by atoms with E-state index in [-0.39, 0.29) is 11.0 Å². The third-order valence-electron chi connectivity index (χ3n) is 5.18. The lowest BCUT2D eigenvalue weighted by atomic mass is 10.0. The first-order chi connectivity index (χ1) is 15.3. The van der Waals surface area contributed by atoms with Gasteiger partial charge in [0.1, 0.15) is 5.60 Å². The maximum Gasteiger partial charge on any atom is 0.410 e. The molecule has 0 spiro atoms. The van der Waals surface area contributed by atoms with E-state index < -0.39 is 15.6 Å². The Bertz CT molecular complexity index is 1040. The van der Waals surface area contributed by atoms with Gasteiger partial charge in [0.15, 0.2) is 0 Å². The molecule has 0 unspecified atom stereocenters. The lowest BCUT2D eigenvalue weighted by Gasteiger charge is -2.26. The maximum absolute atomic E-state index is 13.0. The largest absolute Gasteiger partial charge is 0.444 e. The van der Waals surface area contributed by atoms with E-state index in [0.717, 1.165) is 11.1 Å². The van der Waals surface area contributed by atoms with Crippen LogP contribution in [0.15, 0.2) is 66.1 Å². The molecule has 0 aromatic heterocycles. The number of carbonyl (C=O) groups is 1. The predicted octanol–water partition coefficient (Wildman–Crippen LogP) is 5.60. The number of rotatable bonds is 9. The minimum Gasteiger partial charge on any atom is -0.444 e. The molecule has 0 radical (unpaired) electrons. The molecule has 0 fully saturated rings. The van der Waals surface area contributed by atoms with Gasteiger partial charge in [0.25, 0.3) is 10.0 Å². The zero-order valence-corrected chi connectivity index (χ0v) is 21.4. The molecule has 0 aliphatic rings. The Morgan fingerprint density at radius 1 is 1.06 bits per heavy atom. The highest BCUT2D eigenvalue weighted by atomic mass is 32.2. The SMILES string of the molecule is C=CCN(CCc1ccc(N(C)S(=O)(=O)c2ccc(C(C)C)cc2)cc1)C(=O)OC(C)(C)C. The van der Waals surface area contributed by atoms with Crippen LogP contribution in [0.3, 0.4) is 0 Å². The zero-order chi connectivity index (χ0) is 24.8. The average Bonchev–Trinajstić information content (AvgIpc) is 2.75. The van der Waals surface area contributed by atoms with E-state index in [1.54, 1.807) is 42.3 Å². The average molecular weight is 473 g/mol. The van der Waals surface area contributed by atoms with Crippen LogP contribution < -0.4 is 4.31 Å². The second kappa shape index (κ2) is 10.9. The topological polar surface area (TPSA) is 66.9 Å². The lowest BCUT2D eigenvalue weighted by Crippen LogP contribution is -2.38. The van der Waals surface area contributed by atoms with Gasteiger partial charge in [-0.1, -0.05) is 44.2 Å². The van der Waals surface area contributed by atoms with E-state index in [1.165, 1.54) is 4.31 Å². The van der Waals surface area contributed by atoms with Crippen LogP contribution in [0.2, 0.25) is 0 Å². The third kappa shape index (κ3) is 7.35. The Kier molecular flexibility index (Phi) is 8.72. The summed E-state index contributed by atoms with van der Waals surface area (Å²) in [6.07, 6.45) is 1.90. The van der Waals surface area contributed by atoms with Crippen molar-refractivity contribution in [2.24, 2.45) is 0 Å². The molecule has 2 rings (SSSR count). The zero-order valence-electron chi connectivity index (χ0n) is 20.5. The van der Waals surface area contributed by atoms with Crippen LogP contribution in [0, 0.1) is 0 Å². The smallest absolute Gasteiger partial charge is 0.410 e. The molecule has 0 heterocycles. The Hall–Kier alpha value is -2.80. The summed E-state index contributed by atoms with van der Waals surface area (Å²) >= 11 is 0. The Morgan fingerprint density at radius 2 is 1.64 bits per heavy atom. The second-order valence-corrected chi connectivity index (χ2v) is 11.3. The van der Waals surface area contributed by atoms with E-state index in [9.17, 15) is 13.2 Å². The van der Waals surface area contributed by atoms with E-state index in [0.29, 0.717) is 31.1 Å². The van der Waals surface area contributed by atoms with Gasteiger partial charge in [-0.15, -0.1) is 6.58 Å². The molecule has 0 bridgehead atoms. The van der Waals surface area contributed by atoms with Gasteiger partial charge in [-0.05, 0) is 68.5 Å². The standard InChI is InChI=1S/C26H36N2O4S/c1-8-18-28(25(29)32-26(4,5)6)19-17-21-9-13-23(14-10-21)27(7)33(30,31)24-15-11-22(12-16-24)20(2)3/h8-16,20H,1,17-19H2,2-7H3. The second-order valence-electron chi connectivity index (χ2n) is 9.33. The van der Waals surface area contributed by atoms with Crippen LogP contribution in [0.4, 0.5) is 10.5 Å². The minimum atomic E-state index is -3.66. The number of sulfonamides is 1. The van der Waals surface area contributed by atoms with Crippen molar-refractivity contribution < 1.29 is 17.9 Å². The van der Waals surface area contributed by atoms with Gasteiger partial charge >= 0.3 is 6.09 Å². The van der Waals surface area contributed by atoms with Crippen molar-refractivity contribution in [3.63, 3.8) is 0 Å². The molecule has 33 heavy (non-hydrogen) atoms. The molecule has 2 aromatic carbocycles. The maximum atomic E-state index is 13.0. The highest BCUT2D eigenvalue weighted by Gasteiger charge is 2.23. The number of benzene rings is 2. The predicted molar refractivity (Wildman–Crippen MR) is 134 cm³/mol. The molecule has 0 saturated carbocycles. The van der Waals surface area contributed by atoms with Crippen molar-refractivity contribution in [3.05, 3.63) is 72.3 Å². The lowest BCUT2D eigenvalue weighted by molar-refractivity contribution is 0.0274. The number of hydrogen-bond acceptors (Lipinski definition) is 4. The van der Waals surface area contributed by atoms with Gasteiger partial charge in [-0.3, -0.25) is 4.31 Å². The van der Waals surface area contributed by atoms with E-state index in [4.69, 9.17) is 4.74 Å². The summed E-state index contributed by atoms with van der Waals surface area (Å²) in [5.41, 5.74) is 2.09. The molecular formula is C26H36N2O4S. The summed E-state index contributed by atoms with van der Waals surface area (Å²) in [7, 11) is -2.11. The fourth-order valence-corrected chi connectivity index (χ4v) is 4.39. The van der Waals surface area contributed by atoms with Crippen LogP contribution in [-0.2, 0) is 21.2 Å². The molecular weight excluding hydrogens is 436 g/mol. The molecule has 2 aromatic rings. The number of amides is 1. The fourth-order valence-electron chi connectivity index (χ4n) is 3.20. The first kappa shape index (κ1) is 26.5. The van der Waals surface area contributed by atoms with Crippen molar-refractivity contribution in [1.82, 2.24) is 4.90 Å². The van der Waals surface area contributed by atoms with Gasteiger partial charge in [-0.2, -0.15) is 0 Å². The first-order valence-corrected chi connectivity index (χ1v) is 12.6. The molecule has 0 N–H and O–H groups in total.